The van der Waals surface area contributed by atoms with E-state index >= 15 is 0 Å². The van der Waals surface area contributed by atoms with Gasteiger partial charge in [-0.1, -0.05) is 72.8 Å². The number of ether oxygens (including phenoxy) is 1. The third-order valence-electron chi connectivity index (χ3n) is 4.59. The van der Waals surface area contributed by atoms with Gasteiger partial charge >= 0.3 is 6.09 Å². The van der Waals surface area contributed by atoms with Crippen LogP contribution in [0.2, 0.25) is 0 Å². The van der Waals surface area contributed by atoms with Crippen LogP contribution in [0, 0.1) is 0 Å². The van der Waals surface area contributed by atoms with Gasteiger partial charge in [-0.3, -0.25) is 0 Å². The molecule has 1 aliphatic heterocycles. The average Bonchev–Trinajstić information content (AvgIpc) is 3.04. The first kappa shape index (κ1) is 18.2. The zero-order valence-electron chi connectivity index (χ0n) is 15.8. The summed E-state index contributed by atoms with van der Waals surface area (Å²) < 4.78 is 5.64. The van der Waals surface area contributed by atoms with Crippen LogP contribution in [0.4, 0.5) is 4.79 Å². The van der Waals surface area contributed by atoms with E-state index in [1.807, 2.05) is 49.9 Å². The Morgan fingerprint density at radius 3 is 2.27 bits per heavy atom. The van der Waals surface area contributed by atoms with E-state index in [1.54, 1.807) is 0 Å². The first-order valence-corrected chi connectivity index (χ1v) is 9.22. The number of amides is 1. The lowest BCUT2D eigenvalue weighted by molar-refractivity contribution is 0.0251. The van der Waals surface area contributed by atoms with Crippen molar-refractivity contribution in [3.05, 3.63) is 77.9 Å². The first-order chi connectivity index (χ1) is 12.4. The first-order valence-electron chi connectivity index (χ1n) is 9.22. The summed E-state index contributed by atoms with van der Waals surface area (Å²) in [7, 11) is 0. The molecule has 26 heavy (non-hydrogen) atoms. The van der Waals surface area contributed by atoms with Crippen molar-refractivity contribution in [2.45, 2.75) is 44.8 Å². The van der Waals surface area contributed by atoms with Crippen LogP contribution in [-0.2, 0) is 4.74 Å². The highest BCUT2D eigenvalue weighted by Gasteiger charge is 2.38. The predicted molar refractivity (Wildman–Crippen MR) is 106 cm³/mol. The summed E-state index contributed by atoms with van der Waals surface area (Å²) in [5.74, 6) is 0.281. The summed E-state index contributed by atoms with van der Waals surface area (Å²) in [5.41, 5.74) is 1.91. The zero-order chi connectivity index (χ0) is 18.6. The third-order valence-corrected chi connectivity index (χ3v) is 4.59. The topological polar surface area (TPSA) is 29.5 Å². The highest BCUT2D eigenvalue weighted by atomic mass is 16.6. The highest BCUT2D eigenvalue weighted by molar-refractivity contribution is 5.70. The molecule has 0 aliphatic carbocycles. The van der Waals surface area contributed by atoms with Gasteiger partial charge in [-0.2, -0.15) is 0 Å². The molecule has 1 amide bonds. The largest absolute Gasteiger partial charge is 0.444 e. The van der Waals surface area contributed by atoms with E-state index < -0.39 is 5.60 Å². The summed E-state index contributed by atoms with van der Waals surface area (Å²) in [6.45, 7) is 6.43. The normalized spacial score (nSPS) is 20.5. The van der Waals surface area contributed by atoms with E-state index in [2.05, 4.69) is 48.6 Å². The van der Waals surface area contributed by atoms with Crippen molar-refractivity contribution < 1.29 is 9.53 Å². The molecule has 3 heteroatoms. The van der Waals surface area contributed by atoms with Crippen molar-refractivity contribution in [3.63, 3.8) is 0 Å². The molecule has 0 unspecified atom stereocenters. The lowest BCUT2D eigenvalue weighted by Gasteiger charge is -2.29. The molecule has 1 heterocycles. The van der Waals surface area contributed by atoms with Gasteiger partial charge in [0.25, 0.3) is 0 Å². The van der Waals surface area contributed by atoms with Gasteiger partial charge < -0.3 is 9.64 Å². The van der Waals surface area contributed by atoms with Crippen molar-refractivity contribution in [1.29, 1.82) is 0 Å². The fourth-order valence-corrected chi connectivity index (χ4v) is 3.42. The standard InChI is InChI=1S/C23H27NO2/c1-23(2,3)26-22(25)24-17-16-20(19-12-8-5-9-13-19)21(24)15-14-18-10-6-4-7-11-18/h4-15,20-21H,16-17H2,1-3H3/b15-14+/t20-,21+/m1/s1. The van der Waals surface area contributed by atoms with E-state index in [4.69, 9.17) is 4.74 Å². The molecule has 0 bridgehead atoms. The van der Waals surface area contributed by atoms with Crippen LogP contribution in [-0.4, -0.2) is 29.2 Å². The smallest absolute Gasteiger partial charge is 0.410 e. The molecular formula is C23H27NO2. The van der Waals surface area contributed by atoms with E-state index in [9.17, 15) is 4.79 Å². The van der Waals surface area contributed by atoms with Gasteiger partial charge in [-0.05, 0) is 38.3 Å². The number of carbonyl (C=O) groups is 1. The Kier molecular flexibility index (Phi) is 5.46. The number of hydrogen-bond donors (Lipinski definition) is 0. The Bertz CT molecular complexity index is 747. The molecule has 1 saturated heterocycles. The molecule has 3 nitrogen and oxygen atoms in total. The van der Waals surface area contributed by atoms with Gasteiger partial charge in [0.15, 0.2) is 0 Å². The Morgan fingerprint density at radius 1 is 1.04 bits per heavy atom. The molecule has 2 aromatic carbocycles. The van der Waals surface area contributed by atoms with Gasteiger partial charge in [0, 0.05) is 12.5 Å². The molecule has 0 saturated carbocycles. The maximum Gasteiger partial charge on any atom is 0.410 e. The van der Waals surface area contributed by atoms with Crippen LogP contribution in [0.1, 0.15) is 44.2 Å². The second kappa shape index (κ2) is 7.77. The highest BCUT2D eigenvalue weighted by Crippen LogP contribution is 2.35. The lowest BCUT2D eigenvalue weighted by Crippen LogP contribution is -2.40. The van der Waals surface area contributed by atoms with E-state index in [0.29, 0.717) is 6.54 Å². The van der Waals surface area contributed by atoms with Crippen molar-refractivity contribution in [2.24, 2.45) is 0 Å². The monoisotopic (exact) mass is 349 g/mol. The summed E-state index contributed by atoms with van der Waals surface area (Å²) in [5, 5.41) is 0. The third kappa shape index (κ3) is 4.54. The average molecular weight is 349 g/mol. The van der Waals surface area contributed by atoms with Crippen molar-refractivity contribution in [3.8, 4) is 0 Å². The minimum absolute atomic E-state index is 0.00699. The van der Waals surface area contributed by atoms with Crippen LogP contribution in [0.5, 0.6) is 0 Å². The van der Waals surface area contributed by atoms with Gasteiger partial charge in [0.2, 0.25) is 0 Å². The number of carbonyl (C=O) groups excluding carboxylic acids is 1. The van der Waals surface area contributed by atoms with E-state index in [0.717, 1.165) is 12.0 Å². The van der Waals surface area contributed by atoms with Gasteiger partial charge in [0.1, 0.15) is 5.60 Å². The summed E-state index contributed by atoms with van der Waals surface area (Å²) in [6.07, 6.45) is 4.94. The van der Waals surface area contributed by atoms with Crippen LogP contribution < -0.4 is 0 Å². The number of hydrogen-bond acceptors (Lipinski definition) is 2. The molecule has 0 N–H and O–H groups in total. The molecule has 0 aromatic heterocycles. The van der Waals surface area contributed by atoms with E-state index in [-0.39, 0.29) is 18.1 Å². The minimum atomic E-state index is -0.490. The molecule has 136 valence electrons. The fourth-order valence-electron chi connectivity index (χ4n) is 3.42. The summed E-state index contributed by atoms with van der Waals surface area (Å²) in [4.78, 5) is 14.6. The Hall–Kier alpha value is -2.55. The second-order valence-electron chi connectivity index (χ2n) is 7.74. The molecule has 1 fully saturated rings. The number of rotatable bonds is 3. The zero-order valence-corrected chi connectivity index (χ0v) is 15.8. The number of benzene rings is 2. The fraction of sp³-hybridized carbons (Fsp3) is 0.348. The van der Waals surface area contributed by atoms with Crippen LogP contribution in [0.3, 0.4) is 0 Å². The summed E-state index contributed by atoms with van der Waals surface area (Å²) >= 11 is 0. The Balaban J connectivity index is 1.87. The molecule has 2 aromatic rings. The molecule has 2 atom stereocenters. The SMILES string of the molecule is CC(C)(C)OC(=O)N1CC[C@H](c2ccccc2)[C@@H]1/C=C/c1ccccc1. The second-order valence-corrected chi connectivity index (χ2v) is 7.74. The molecular weight excluding hydrogens is 322 g/mol. The minimum Gasteiger partial charge on any atom is -0.444 e. The quantitative estimate of drug-likeness (QED) is 0.733. The van der Waals surface area contributed by atoms with Gasteiger partial charge in [-0.25, -0.2) is 4.79 Å². The molecule has 0 spiro atoms. The Morgan fingerprint density at radius 2 is 1.65 bits per heavy atom. The lowest BCUT2D eigenvalue weighted by atomic mass is 9.91. The van der Waals surface area contributed by atoms with Crippen molar-refractivity contribution >= 4 is 12.2 Å². The number of nitrogens with zero attached hydrogens (tertiary/aromatic N) is 1. The Labute approximate surface area is 156 Å². The summed E-state index contributed by atoms with van der Waals surface area (Å²) in [6, 6.07) is 20.6. The molecule has 1 aliphatic rings. The maximum atomic E-state index is 12.7. The number of likely N-dealkylation sites (tertiary alicyclic amines) is 1. The van der Waals surface area contributed by atoms with Crippen molar-refractivity contribution in [2.75, 3.05) is 6.54 Å². The molecule has 0 radical (unpaired) electrons. The van der Waals surface area contributed by atoms with Crippen molar-refractivity contribution in [1.82, 2.24) is 4.90 Å². The van der Waals surface area contributed by atoms with E-state index in [1.165, 1.54) is 5.56 Å². The van der Waals surface area contributed by atoms with Crippen LogP contribution >= 0.6 is 0 Å². The molecule has 3 rings (SSSR count). The van der Waals surface area contributed by atoms with Crippen LogP contribution in [0.25, 0.3) is 6.08 Å². The predicted octanol–water partition coefficient (Wildman–Crippen LogP) is 5.49. The maximum absolute atomic E-state index is 12.7. The van der Waals surface area contributed by atoms with Gasteiger partial charge in [-0.15, -0.1) is 0 Å². The van der Waals surface area contributed by atoms with Gasteiger partial charge in [0.05, 0.1) is 6.04 Å². The van der Waals surface area contributed by atoms with Crippen LogP contribution in [0.15, 0.2) is 66.7 Å².